The summed E-state index contributed by atoms with van der Waals surface area (Å²) in [5.74, 6) is 0. The Morgan fingerprint density at radius 3 is 2.44 bits per heavy atom. The molecular weight excluding hydrogens is 220 g/mol. The molecule has 0 radical (unpaired) electrons. The lowest BCUT2D eigenvalue weighted by atomic mass is 9.76. The van der Waals surface area contributed by atoms with Crippen molar-refractivity contribution in [2.75, 3.05) is 18.8 Å². The monoisotopic (exact) mass is 246 g/mol. The highest BCUT2D eigenvalue weighted by molar-refractivity contribution is 5.39. The number of anilines is 1. The van der Waals surface area contributed by atoms with Gasteiger partial charge in [0.25, 0.3) is 0 Å². The lowest BCUT2D eigenvalue weighted by Gasteiger charge is -2.33. The molecule has 18 heavy (non-hydrogen) atoms. The van der Waals surface area contributed by atoms with Crippen LogP contribution >= 0.6 is 0 Å². The predicted octanol–water partition coefficient (Wildman–Crippen LogP) is 3.37. The molecule has 0 aliphatic heterocycles. The third-order valence-corrected chi connectivity index (χ3v) is 4.18. The summed E-state index contributed by atoms with van der Waals surface area (Å²) < 4.78 is 0. The fourth-order valence-electron chi connectivity index (χ4n) is 2.89. The molecule has 0 spiro atoms. The molecule has 1 aromatic carbocycles. The highest BCUT2D eigenvalue weighted by Crippen LogP contribution is 2.34. The fraction of sp³-hybridized carbons (Fsp3) is 0.625. The van der Waals surface area contributed by atoms with Crippen molar-refractivity contribution in [3.05, 3.63) is 29.8 Å². The molecule has 2 heteroatoms. The van der Waals surface area contributed by atoms with Gasteiger partial charge in [-0.05, 0) is 48.9 Å². The van der Waals surface area contributed by atoms with Gasteiger partial charge in [0.15, 0.2) is 0 Å². The zero-order chi connectivity index (χ0) is 12.8. The molecule has 100 valence electrons. The molecule has 1 aliphatic carbocycles. The van der Waals surface area contributed by atoms with E-state index in [2.05, 4.69) is 24.4 Å². The number of nitrogens with one attached hydrogen (secondary N) is 1. The first-order valence-corrected chi connectivity index (χ1v) is 7.23. The maximum Gasteiger partial charge on any atom is 0.0314 e. The molecule has 3 N–H and O–H groups in total. The number of hydrogen-bond donors (Lipinski definition) is 2. The van der Waals surface area contributed by atoms with Crippen molar-refractivity contribution in [3.63, 3.8) is 0 Å². The molecule has 0 amide bonds. The van der Waals surface area contributed by atoms with Crippen LogP contribution in [-0.4, -0.2) is 13.1 Å². The van der Waals surface area contributed by atoms with Crippen molar-refractivity contribution in [1.29, 1.82) is 0 Å². The van der Waals surface area contributed by atoms with E-state index < -0.39 is 0 Å². The number of nitrogen functional groups attached to an aromatic ring is 1. The molecule has 1 fully saturated rings. The Morgan fingerprint density at radius 1 is 1.11 bits per heavy atom. The average molecular weight is 246 g/mol. The smallest absolute Gasteiger partial charge is 0.0314 e. The van der Waals surface area contributed by atoms with E-state index in [4.69, 9.17) is 5.73 Å². The predicted molar refractivity (Wildman–Crippen MR) is 78.6 cm³/mol. The van der Waals surface area contributed by atoms with Crippen LogP contribution < -0.4 is 11.1 Å². The van der Waals surface area contributed by atoms with Crippen LogP contribution in [0.3, 0.4) is 0 Å². The first-order valence-electron chi connectivity index (χ1n) is 7.23. The summed E-state index contributed by atoms with van der Waals surface area (Å²) in [5.41, 5.74) is 8.44. The second-order valence-corrected chi connectivity index (χ2v) is 6.04. The standard InChI is InChI=1S/C16H26N2/c1-16(10-3-2-4-11-16)13-18-12-9-14-5-7-15(17)8-6-14/h5-8,18H,2-4,9-13,17H2,1H3. The van der Waals surface area contributed by atoms with Crippen LogP contribution in [0.5, 0.6) is 0 Å². The van der Waals surface area contributed by atoms with Crippen molar-refractivity contribution in [1.82, 2.24) is 5.32 Å². The molecule has 1 saturated carbocycles. The maximum atomic E-state index is 5.68. The summed E-state index contributed by atoms with van der Waals surface area (Å²) in [6.45, 7) is 4.67. The van der Waals surface area contributed by atoms with Crippen LogP contribution in [0.15, 0.2) is 24.3 Å². The fourth-order valence-corrected chi connectivity index (χ4v) is 2.89. The van der Waals surface area contributed by atoms with Gasteiger partial charge in [-0.25, -0.2) is 0 Å². The van der Waals surface area contributed by atoms with Crippen molar-refractivity contribution >= 4 is 5.69 Å². The Bertz CT molecular complexity index is 350. The van der Waals surface area contributed by atoms with Gasteiger partial charge in [-0.1, -0.05) is 38.3 Å². The molecule has 0 saturated heterocycles. The van der Waals surface area contributed by atoms with Gasteiger partial charge in [0, 0.05) is 12.2 Å². The summed E-state index contributed by atoms with van der Waals surface area (Å²) in [5, 5.41) is 3.63. The third-order valence-electron chi connectivity index (χ3n) is 4.18. The minimum atomic E-state index is 0.541. The first kappa shape index (κ1) is 13.4. The number of hydrogen-bond acceptors (Lipinski definition) is 2. The van der Waals surface area contributed by atoms with Crippen LogP contribution in [-0.2, 0) is 6.42 Å². The molecular formula is C16H26N2. The lowest BCUT2D eigenvalue weighted by molar-refractivity contribution is 0.208. The molecule has 0 atom stereocenters. The van der Waals surface area contributed by atoms with Crippen LogP contribution in [0.1, 0.15) is 44.6 Å². The van der Waals surface area contributed by atoms with Crippen molar-refractivity contribution in [2.45, 2.75) is 45.4 Å². The minimum Gasteiger partial charge on any atom is -0.399 e. The van der Waals surface area contributed by atoms with Gasteiger partial charge in [-0.3, -0.25) is 0 Å². The van der Waals surface area contributed by atoms with E-state index in [1.165, 1.54) is 44.2 Å². The quantitative estimate of drug-likeness (QED) is 0.617. The van der Waals surface area contributed by atoms with Crippen molar-refractivity contribution in [3.8, 4) is 0 Å². The van der Waals surface area contributed by atoms with Crippen molar-refractivity contribution < 1.29 is 0 Å². The lowest BCUT2D eigenvalue weighted by Crippen LogP contribution is -2.34. The van der Waals surface area contributed by atoms with E-state index in [9.17, 15) is 0 Å². The van der Waals surface area contributed by atoms with Crippen molar-refractivity contribution in [2.24, 2.45) is 5.41 Å². The van der Waals surface area contributed by atoms with Gasteiger partial charge in [-0.2, -0.15) is 0 Å². The first-order chi connectivity index (χ1) is 8.68. The van der Waals surface area contributed by atoms with E-state index in [0.717, 1.165) is 18.7 Å². The minimum absolute atomic E-state index is 0.541. The zero-order valence-electron chi connectivity index (χ0n) is 11.5. The van der Waals surface area contributed by atoms with Gasteiger partial charge < -0.3 is 11.1 Å². The Kier molecular flexibility index (Phi) is 4.65. The Labute approximate surface area is 111 Å². The molecule has 0 bridgehead atoms. The molecule has 0 aromatic heterocycles. The van der Waals surface area contributed by atoms with Crippen LogP contribution in [0, 0.1) is 5.41 Å². The van der Waals surface area contributed by atoms with Gasteiger partial charge in [0.05, 0.1) is 0 Å². The third kappa shape index (κ3) is 4.02. The van der Waals surface area contributed by atoms with Crippen LogP contribution in [0.25, 0.3) is 0 Å². The summed E-state index contributed by atoms with van der Waals surface area (Å²) in [4.78, 5) is 0. The largest absolute Gasteiger partial charge is 0.399 e. The topological polar surface area (TPSA) is 38.0 Å². The molecule has 0 heterocycles. The highest BCUT2D eigenvalue weighted by Gasteiger charge is 2.25. The van der Waals surface area contributed by atoms with Gasteiger partial charge in [0.1, 0.15) is 0 Å². The Hall–Kier alpha value is -1.02. The second-order valence-electron chi connectivity index (χ2n) is 6.04. The number of rotatable bonds is 5. The number of benzene rings is 1. The summed E-state index contributed by atoms with van der Waals surface area (Å²) in [6.07, 6.45) is 8.13. The van der Waals surface area contributed by atoms with E-state index in [1.807, 2.05) is 12.1 Å². The van der Waals surface area contributed by atoms with E-state index >= 15 is 0 Å². The van der Waals surface area contributed by atoms with Gasteiger partial charge in [-0.15, -0.1) is 0 Å². The number of nitrogens with two attached hydrogens (primary N) is 1. The van der Waals surface area contributed by atoms with Gasteiger partial charge >= 0.3 is 0 Å². The molecule has 2 nitrogen and oxygen atoms in total. The summed E-state index contributed by atoms with van der Waals surface area (Å²) in [6, 6.07) is 8.22. The van der Waals surface area contributed by atoms with E-state index in [-0.39, 0.29) is 0 Å². The average Bonchev–Trinajstić information content (AvgIpc) is 2.38. The highest BCUT2D eigenvalue weighted by atomic mass is 14.9. The van der Waals surface area contributed by atoms with E-state index in [0.29, 0.717) is 5.41 Å². The van der Waals surface area contributed by atoms with E-state index in [1.54, 1.807) is 0 Å². The second kappa shape index (κ2) is 6.24. The molecule has 1 aromatic rings. The Balaban J connectivity index is 1.67. The molecule has 1 aliphatic rings. The Morgan fingerprint density at radius 2 is 1.78 bits per heavy atom. The zero-order valence-corrected chi connectivity index (χ0v) is 11.5. The molecule has 0 unspecified atom stereocenters. The summed E-state index contributed by atoms with van der Waals surface area (Å²) >= 11 is 0. The summed E-state index contributed by atoms with van der Waals surface area (Å²) in [7, 11) is 0. The maximum absolute atomic E-state index is 5.68. The normalized spacial score (nSPS) is 18.7. The van der Waals surface area contributed by atoms with Gasteiger partial charge in [0.2, 0.25) is 0 Å². The van der Waals surface area contributed by atoms with Crippen LogP contribution in [0.4, 0.5) is 5.69 Å². The molecule has 2 rings (SSSR count). The van der Waals surface area contributed by atoms with Crippen LogP contribution in [0.2, 0.25) is 0 Å². The SMILES string of the molecule is CC1(CNCCc2ccc(N)cc2)CCCCC1.